The molecular formula is FeLaLiO3. The zero-order valence-corrected chi connectivity index (χ0v) is 7.89. The van der Waals surface area contributed by atoms with Gasteiger partial charge in [0.2, 0.25) is 0 Å². The summed E-state index contributed by atoms with van der Waals surface area (Å²) in [5, 5.41) is 0. The average molecular weight is 250 g/mol. The third kappa shape index (κ3) is 34.7. The molecular weight excluding hydrogens is 250 g/mol. The van der Waals surface area contributed by atoms with Gasteiger partial charge in [0.1, 0.15) is 0 Å². The zero-order valence-electron chi connectivity index (χ0n) is 3.16. The van der Waals surface area contributed by atoms with Gasteiger partial charge in [-0.05, 0) is 0 Å². The largest absolute Gasteiger partial charge is 3.00 e. The maximum Gasteiger partial charge on any atom is 3.00 e. The second kappa shape index (κ2) is 57.4. The van der Waals surface area contributed by atoms with Gasteiger partial charge in [-0.2, -0.15) is 0 Å². The van der Waals surface area contributed by atoms with Gasteiger partial charge in [-0.25, -0.2) is 0 Å². The topological polar surface area (TPSA) is 85.5 Å². The van der Waals surface area contributed by atoms with Crippen LogP contribution >= 0.6 is 0 Å². The number of rotatable bonds is 0. The minimum atomic E-state index is 0. The van der Waals surface area contributed by atoms with Gasteiger partial charge >= 0.3 is 71.5 Å². The third-order valence-electron chi connectivity index (χ3n) is 0. The van der Waals surface area contributed by atoms with Crippen molar-refractivity contribution < 1.29 is 88.0 Å². The summed E-state index contributed by atoms with van der Waals surface area (Å²) < 4.78 is 0. The first-order chi connectivity index (χ1) is 0. The van der Waals surface area contributed by atoms with Crippen LogP contribution in [0.1, 0.15) is 0 Å². The van der Waals surface area contributed by atoms with Crippen LogP contribution in [0.2, 0.25) is 0 Å². The van der Waals surface area contributed by atoms with Crippen molar-refractivity contribution in [3.8, 4) is 0 Å². The van der Waals surface area contributed by atoms with E-state index < -0.39 is 0 Å². The van der Waals surface area contributed by atoms with Crippen molar-refractivity contribution in [1.29, 1.82) is 0 Å². The molecule has 0 bridgehead atoms. The molecule has 0 rings (SSSR count). The van der Waals surface area contributed by atoms with Crippen molar-refractivity contribution in [3.63, 3.8) is 0 Å². The fraction of sp³-hybridized carbons (Fsp3) is 0. The van der Waals surface area contributed by atoms with Gasteiger partial charge in [0.25, 0.3) is 0 Å². The molecule has 0 aromatic rings. The molecule has 0 amide bonds. The molecule has 0 radical (unpaired) electrons. The van der Waals surface area contributed by atoms with Crippen molar-refractivity contribution in [1.82, 2.24) is 0 Å². The van der Waals surface area contributed by atoms with E-state index in [0.29, 0.717) is 0 Å². The van der Waals surface area contributed by atoms with Crippen molar-refractivity contribution in [2.45, 2.75) is 0 Å². The molecule has 0 unspecified atom stereocenters. The van der Waals surface area contributed by atoms with E-state index in [2.05, 4.69) is 0 Å². The Hall–Kier alpha value is 2.19. The third-order valence-corrected chi connectivity index (χ3v) is 0. The van der Waals surface area contributed by atoms with E-state index >= 15 is 0 Å². The van der Waals surface area contributed by atoms with Gasteiger partial charge in [0.15, 0.2) is 0 Å². The average Bonchev–Trinajstić information content (AvgIpc) is 0. The van der Waals surface area contributed by atoms with Crippen molar-refractivity contribution in [3.05, 3.63) is 0 Å². The van der Waals surface area contributed by atoms with Crippen LogP contribution in [-0.4, -0.2) is 0 Å². The van der Waals surface area contributed by atoms with Gasteiger partial charge in [0.05, 0.1) is 0 Å². The van der Waals surface area contributed by atoms with Gasteiger partial charge in [-0.15, -0.1) is 0 Å². The Morgan fingerprint density at radius 1 is 0.667 bits per heavy atom. The molecule has 0 aliphatic rings. The summed E-state index contributed by atoms with van der Waals surface area (Å²) >= 11 is 0. The molecule has 0 N–H and O–H groups in total. The molecule has 0 aromatic heterocycles. The van der Waals surface area contributed by atoms with Crippen molar-refractivity contribution in [2.75, 3.05) is 0 Å². The van der Waals surface area contributed by atoms with Crippen LogP contribution in [0.4, 0.5) is 0 Å². The summed E-state index contributed by atoms with van der Waals surface area (Å²) in [6.07, 6.45) is 0. The quantitative estimate of drug-likeness (QED) is 0.402. The normalized spacial score (nSPS) is 0. The number of hydrogen-bond donors (Lipinski definition) is 0. The fourth-order valence-corrected chi connectivity index (χ4v) is 0. The van der Waals surface area contributed by atoms with Crippen LogP contribution < -0.4 is 18.9 Å². The summed E-state index contributed by atoms with van der Waals surface area (Å²) in [7, 11) is 0. The second-order valence-electron chi connectivity index (χ2n) is 0. The van der Waals surface area contributed by atoms with Crippen molar-refractivity contribution in [2.24, 2.45) is 0 Å². The Morgan fingerprint density at radius 2 is 0.667 bits per heavy atom. The molecule has 0 aromatic carbocycles. The fourth-order valence-electron chi connectivity index (χ4n) is 0. The van der Waals surface area contributed by atoms with E-state index in [-0.39, 0.29) is 88.0 Å². The van der Waals surface area contributed by atoms with Gasteiger partial charge < -0.3 is 16.4 Å². The molecule has 0 saturated heterocycles. The summed E-state index contributed by atoms with van der Waals surface area (Å²) in [4.78, 5) is 0. The maximum absolute atomic E-state index is 0. The maximum atomic E-state index is 0. The van der Waals surface area contributed by atoms with Crippen LogP contribution in [0.3, 0.4) is 0 Å². The zero-order chi connectivity index (χ0) is 0. The summed E-state index contributed by atoms with van der Waals surface area (Å²) in [6, 6.07) is 0. The summed E-state index contributed by atoms with van der Waals surface area (Å²) in [6.45, 7) is 0. The molecule has 0 atom stereocenters. The standard InChI is InChI=1S/Fe.La.Li.3O/q+2;+3;+1;3*-2. The van der Waals surface area contributed by atoms with Crippen LogP contribution in [0.15, 0.2) is 0 Å². The Labute approximate surface area is 86.8 Å². The smallest absolute Gasteiger partial charge is 2.00 e. The van der Waals surface area contributed by atoms with E-state index in [4.69, 9.17) is 0 Å². The Balaban J connectivity index is 0. The van der Waals surface area contributed by atoms with Crippen LogP contribution in [-0.2, 0) is 33.5 Å². The van der Waals surface area contributed by atoms with E-state index in [1.165, 1.54) is 0 Å². The monoisotopic (exact) mass is 250 g/mol. The molecule has 0 fully saturated rings. The van der Waals surface area contributed by atoms with E-state index in [0.717, 1.165) is 0 Å². The summed E-state index contributed by atoms with van der Waals surface area (Å²) in [5.74, 6) is 0. The van der Waals surface area contributed by atoms with Gasteiger partial charge in [-0.3, -0.25) is 0 Å². The molecule has 0 aliphatic heterocycles. The molecule has 6 heavy (non-hydrogen) atoms. The van der Waals surface area contributed by atoms with Gasteiger partial charge in [0, 0.05) is 0 Å². The SMILES string of the molecule is [Fe+2].[La+3].[Li+].[O-2].[O-2].[O-2]. The molecule has 3 nitrogen and oxygen atoms in total. The number of hydrogen-bond acceptors (Lipinski definition) is 0. The van der Waals surface area contributed by atoms with Crippen LogP contribution in [0.25, 0.3) is 0 Å². The first-order valence-electron chi connectivity index (χ1n) is 0. The van der Waals surface area contributed by atoms with Crippen LogP contribution in [0.5, 0.6) is 0 Å². The first-order valence-corrected chi connectivity index (χ1v) is 0. The summed E-state index contributed by atoms with van der Waals surface area (Å²) in [5.41, 5.74) is 0. The van der Waals surface area contributed by atoms with E-state index in [9.17, 15) is 0 Å². The second-order valence-corrected chi connectivity index (χ2v) is 0. The Bertz CT molecular complexity index is 10.8. The predicted octanol–water partition coefficient (Wildman–Crippen LogP) is -3.35. The molecule has 0 spiro atoms. The van der Waals surface area contributed by atoms with E-state index in [1.807, 2.05) is 0 Å². The van der Waals surface area contributed by atoms with Gasteiger partial charge in [-0.1, -0.05) is 0 Å². The molecule has 0 aliphatic carbocycles. The molecule has 30 valence electrons. The minimum absolute atomic E-state index is 0. The molecule has 0 heterocycles. The predicted molar refractivity (Wildman–Crippen MR) is 2.06 cm³/mol. The van der Waals surface area contributed by atoms with Crippen LogP contribution in [0, 0.1) is 35.6 Å². The Kier molecular flexibility index (Phi) is 844. The Morgan fingerprint density at radius 3 is 0.667 bits per heavy atom. The van der Waals surface area contributed by atoms with E-state index in [1.54, 1.807) is 0 Å². The minimum Gasteiger partial charge on any atom is -2.00 e. The first kappa shape index (κ1) is 88.2. The molecule has 0 saturated carbocycles. The molecule has 6 heteroatoms. The van der Waals surface area contributed by atoms with Crippen molar-refractivity contribution >= 4 is 0 Å².